The Morgan fingerprint density at radius 2 is 1.75 bits per heavy atom. The molecule has 0 aliphatic carbocycles. The number of benzene rings is 2. The number of para-hydroxylation sites is 1. The van der Waals surface area contributed by atoms with Gasteiger partial charge in [0.15, 0.2) is 0 Å². The third-order valence-corrected chi connectivity index (χ3v) is 4.09. The Hall–Kier alpha value is -2.88. The van der Waals surface area contributed by atoms with Gasteiger partial charge in [0, 0.05) is 12.3 Å². The van der Waals surface area contributed by atoms with E-state index in [-0.39, 0.29) is 23.5 Å². The standard InChI is InChI=1S/C20H18O4/c1-13(21)11-15(12-14-7-3-2-4-8-14)18-19(22)16-9-5-6-10-17(16)24-20(18)23/h2-10,15,22H,11-12H2,1H3. The van der Waals surface area contributed by atoms with E-state index in [9.17, 15) is 14.7 Å². The minimum Gasteiger partial charge on any atom is -0.507 e. The van der Waals surface area contributed by atoms with E-state index in [0.29, 0.717) is 17.4 Å². The largest absolute Gasteiger partial charge is 0.507 e. The highest BCUT2D eigenvalue weighted by Gasteiger charge is 2.24. The predicted molar refractivity (Wildman–Crippen MR) is 92.3 cm³/mol. The van der Waals surface area contributed by atoms with Crippen LogP contribution >= 0.6 is 0 Å². The van der Waals surface area contributed by atoms with Gasteiger partial charge in [-0.15, -0.1) is 0 Å². The summed E-state index contributed by atoms with van der Waals surface area (Å²) in [6.45, 7) is 1.48. The Morgan fingerprint density at radius 1 is 1.08 bits per heavy atom. The Kier molecular flexibility index (Phi) is 4.47. The van der Waals surface area contributed by atoms with Crippen molar-refractivity contribution in [2.45, 2.75) is 25.7 Å². The molecule has 4 nitrogen and oxygen atoms in total. The minimum absolute atomic E-state index is 0.0390. The molecule has 4 heteroatoms. The van der Waals surface area contributed by atoms with Crippen molar-refractivity contribution < 1.29 is 14.3 Å². The predicted octanol–water partition coefficient (Wildman–Crippen LogP) is 3.80. The molecule has 2 aromatic carbocycles. The molecule has 0 spiro atoms. The van der Waals surface area contributed by atoms with Crippen LogP contribution in [0.4, 0.5) is 0 Å². The number of carbonyl (C=O) groups excluding carboxylic acids is 1. The molecule has 3 aromatic rings. The lowest BCUT2D eigenvalue weighted by atomic mass is 9.88. The first-order valence-corrected chi connectivity index (χ1v) is 7.84. The summed E-state index contributed by atoms with van der Waals surface area (Å²) < 4.78 is 5.35. The van der Waals surface area contributed by atoms with Gasteiger partial charge in [0.25, 0.3) is 0 Å². The summed E-state index contributed by atoms with van der Waals surface area (Å²) in [5.41, 5.74) is 0.918. The van der Waals surface area contributed by atoms with Gasteiger partial charge < -0.3 is 14.3 Å². The number of rotatable bonds is 5. The van der Waals surface area contributed by atoms with E-state index >= 15 is 0 Å². The van der Waals surface area contributed by atoms with Gasteiger partial charge >= 0.3 is 5.63 Å². The highest BCUT2D eigenvalue weighted by molar-refractivity contribution is 5.84. The van der Waals surface area contributed by atoms with Crippen molar-refractivity contribution in [1.82, 2.24) is 0 Å². The molecule has 0 bridgehead atoms. The molecule has 1 atom stereocenters. The fourth-order valence-corrected chi connectivity index (χ4v) is 3.03. The Balaban J connectivity index is 2.12. The number of ketones is 1. The van der Waals surface area contributed by atoms with Crippen molar-refractivity contribution in [1.29, 1.82) is 0 Å². The zero-order chi connectivity index (χ0) is 17.1. The average Bonchev–Trinajstić information content (AvgIpc) is 2.55. The molecular weight excluding hydrogens is 304 g/mol. The molecule has 24 heavy (non-hydrogen) atoms. The number of hydrogen-bond acceptors (Lipinski definition) is 4. The summed E-state index contributed by atoms with van der Waals surface area (Å²) in [4.78, 5) is 24.1. The molecule has 1 heterocycles. The van der Waals surface area contributed by atoms with Gasteiger partial charge in [-0.2, -0.15) is 0 Å². The number of Topliss-reactive ketones (excluding diaryl/α,β-unsaturated/α-hetero) is 1. The molecule has 1 aromatic heterocycles. The molecule has 1 N–H and O–H groups in total. The van der Waals surface area contributed by atoms with Gasteiger partial charge in [-0.3, -0.25) is 0 Å². The van der Waals surface area contributed by atoms with Crippen LogP contribution in [-0.4, -0.2) is 10.9 Å². The normalized spacial score (nSPS) is 12.2. The van der Waals surface area contributed by atoms with Crippen LogP contribution < -0.4 is 5.63 Å². The molecule has 1 unspecified atom stereocenters. The second kappa shape index (κ2) is 6.71. The molecule has 0 radical (unpaired) electrons. The van der Waals surface area contributed by atoms with Crippen molar-refractivity contribution in [2.24, 2.45) is 0 Å². The fourth-order valence-electron chi connectivity index (χ4n) is 3.03. The Bertz CT molecular complexity index is 925. The highest BCUT2D eigenvalue weighted by atomic mass is 16.4. The first kappa shape index (κ1) is 16.0. The molecular formula is C20H18O4. The molecule has 0 aliphatic heterocycles. The summed E-state index contributed by atoms with van der Waals surface area (Å²) in [5, 5.41) is 11.1. The van der Waals surface area contributed by atoms with E-state index in [1.165, 1.54) is 6.92 Å². The number of hydrogen-bond donors (Lipinski definition) is 1. The van der Waals surface area contributed by atoms with Crippen LogP contribution in [-0.2, 0) is 11.2 Å². The van der Waals surface area contributed by atoms with E-state index < -0.39 is 11.5 Å². The number of aromatic hydroxyl groups is 1. The Morgan fingerprint density at radius 3 is 2.46 bits per heavy atom. The van der Waals surface area contributed by atoms with Crippen LogP contribution in [0.1, 0.15) is 30.4 Å². The van der Waals surface area contributed by atoms with Crippen LogP contribution in [0, 0.1) is 0 Å². The van der Waals surface area contributed by atoms with Crippen LogP contribution in [0.3, 0.4) is 0 Å². The van der Waals surface area contributed by atoms with Crippen LogP contribution in [0.2, 0.25) is 0 Å². The SMILES string of the molecule is CC(=O)CC(Cc1ccccc1)c1c(O)c2ccccc2oc1=O. The van der Waals surface area contributed by atoms with Gasteiger partial charge in [-0.25, -0.2) is 4.79 Å². The second-order valence-corrected chi connectivity index (χ2v) is 5.94. The maximum atomic E-state index is 12.4. The molecule has 122 valence electrons. The zero-order valence-corrected chi connectivity index (χ0v) is 13.4. The maximum Gasteiger partial charge on any atom is 0.343 e. The topological polar surface area (TPSA) is 67.5 Å². The van der Waals surface area contributed by atoms with E-state index in [1.54, 1.807) is 24.3 Å². The fraction of sp³-hybridized carbons (Fsp3) is 0.200. The molecule has 0 saturated heterocycles. The van der Waals surface area contributed by atoms with Crippen molar-refractivity contribution in [2.75, 3.05) is 0 Å². The zero-order valence-electron chi connectivity index (χ0n) is 13.4. The molecule has 0 saturated carbocycles. The third kappa shape index (κ3) is 3.23. The average molecular weight is 322 g/mol. The minimum atomic E-state index is -0.589. The van der Waals surface area contributed by atoms with Crippen LogP contribution in [0.5, 0.6) is 5.75 Å². The highest BCUT2D eigenvalue weighted by Crippen LogP contribution is 2.34. The molecule has 0 fully saturated rings. The maximum absolute atomic E-state index is 12.4. The lowest BCUT2D eigenvalue weighted by Gasteiger charge is -2.17. The first-order chi connectivity index (χ1) is 11.6. The van der Waals surface area contributed by atoms with Crippen LogP contribution in [0.15, 0.2) is 63.8 Å². The van der Waals surface area contributed by atoms with E-state index in [4.69, 9.17) is 4.42 Å². The molecule has 0 aliphatic rings. The van der Waals surface area contributed by atoms with E-state index in [2.05, 4.69) is 0 Å². The lowest BCUT2D eigenvalue weighted by molar-refractivity contribution is -0.117. The van der Waals surface area contributed by atoms with Gasteiger partial charge in [0.05, 0.1) is 10.9 Å². The third-order valence-electron chi connectivity index (χ3n) is 4.09. The van der Waals surface area contributed by atoms with Crippen molar-refractivity contribution in [3.8, 4) is 5.75 Å². The van der Waals surface area contributed by atoms with Gasteiger partial charge in [0.2, 0.25) is 0 Å². The van der Waals surface area contributed by atoms with Crippen molar-refractivity contribution in [3.63, 3.8) is 0 Å². The summed E-state index contributed by atoms with van der Waals surface area (Å²) in [5.74, 6) is -0.558. The smallest absolute Gasteiger partial charge is 0.343 e. The number of fused-ring (bicyclic) bond motifs is 1. The first-order valence-electron chi connectivity index (χ1n) is 7.84. The summed E-state index contributed by atoms with van der Waals surface area (Å²) in [6.07, 6.45) is 0.655. The second-order valence-electron chi connectivity index (χ2n) is 5.94. The van der Waals surface area contributed by atoms with Crippen molar-refractivity contribution >= 4 is 16.8 Å². The number of carbonyl (C=O) groups is 1. The van der Waals surface area contributed by atoms with E-state index in [0.717, 1.165) is 5.56 Å². The van der Waals surface area contributed by atoms with Crippen molar-refractivity contribution in [3.05, 3.63) is 76.1 Å². The molecule has 3 rings (SSSR count). The lowest BCUT2D eigenvalue weighted by Crippen LogP contribution is -2.17. The molecule has 0 amide bonds. The van der Waals surface area contributed by atoms with Crippen LogP contribution in [0.25, 0.3) is 11.0 Å². The van der Waals surface area contributed by atoms with Gasteiger partial charge in [-0.1, -0.05) is 42.5 Å². The Labute approximate surface area is 139 Å². The summed E-state index contributed by atoms with van der Waals surface area (Å²) in [6, 6.07) is 16.4. The van der Waals surface area contributed by atoms with E-state index in [1.807, 2.05) is 30.3 Å². The summed E-state index contributed by atoms with van der Waals surface area (Å²) in [7, 11) is 0. The quantitative estimate of drug-likeness (QED) is 0.725. The monoisotopic (exact) mass is 322 g/mol. The van der Waals surface area contributed by atoms with Gasteiger partial charge in [0.1, 0.15) is 17.1 Å². The summed E-state index contributed by atoms with van der Waals surface area (Å²) >= 11 is 0. The van der Waals surface area contributed by atoms with Gasteiger partial charge in [-0.05, 0) is 31.0 Å².